The fourth-order valence-corrected chi connectivity index (χ4v) is 3.40. The summed E-state index contributed by atoms with van der Waals surface area (Å²) in [4.78, 5) is 19.6. The number of para-hydroxylation sites is 1. The van der Waals surface area contributed by atoms with E-state index in [0.717, 1.165) is 22.3 Å². The summed E-state index contributed by atoms with van der Waals surface area (Å²) in [5.74, 6) is -0.00985. The molecule has 1 amide bonds. The van der Waals surface area contributed by atoms with Gasteiger partial charge in [0.15, 0.2) is 0 Å². The zero-order chi connectivity index (χ0) is 18.8. The molecule has 0 bridgehead atoms. The van der Waals surface area contributed by atoms with Crippen LogP contribution in [0.3, 0.4) is 0 Å². The van der Waals surface area contributed by atoms with Crippen LogP contribution in [0.1, 0.15) is 21.5 Å². The van der Waals surface area contributed by atoms with Crippen LogP contribution in [0.5, 0.6) is 0 Å². The Morgan fingerprint density at radius 2 is 1.85 bits per heavy atom. The predicted octanol–water partition coefficient (Wildman–Crippen LogP) is 4.07. The monoisotopic (exact) mass is 361 g/mol. The lowest BCUT2D eigenvalue weighted by Gasteiger charge is -2.28. The van der Waals surface area contributed by atoms with E-state index in [1.807, 2.05) is 41.3 Å². The fraction of sp³-hybridized carbons (Fsp3) is 0.273. The molecular weight excluding hydrogens is 338 g/mol. The molecule has 2 heterocycles. The van der Waals surface area contributed by atoms with Crippen molar-refractivity contribution < 1.29 is 9.53 Å². The Hall–Kier alpha value is -2.92. The van der Waals surface area contributed by atoms with Crippen molar-refractivity contribution in [3.63, 3.8) is 0 Å². The second kappa shape index (κ2) is 7.37. The van der Waals surface area contributed by atoms with Crippen molar-refractivity contribution in [2.75, 3.05) is 31.6 Å². The van der Waals surface area contributed by atoms with Gasteiger partial charge >= 0.3 is 0 Å². The lowest BCUT2D eigenvalue weighted by Crippen LogP contribution is -2.41. The van der Waals surface area contributed by atoms with Crippen LogP contribution in [0.4, 0.5) is 11.4 Å². The van der Waals surface area contributed by atoms with Crippen LogP contribution in [-0.2, 0) is 4.74 Å². The zero-order valence-electron chi connectivity index (χ0n) is 15.7. The van der Waals surface area contributed by atoms with Crippen LogP contribution in [0, 0.1) is 13.8 Å². The smallest absolute Gasteiger partial charge is 0.257 e. The van der Waals surface area contributed by atoms with Crippen LogP contribution >= 0.6 is 0 Å². The van der Waals surface area contributed by atoms with Gasteiger partial charge in [0.2, 0.25) is 0 Å². The molecule has 0 spiro atoms. The van der Waals surface area contributed by atoms with Crippen molar-refractivity contribution in [1.82, 2.24) is 9.88 Å². The van der Waals surface area contributed by atoms with Gasteiger partial charge in [0.1, 0.15) is 0 Å². The quantitative estimate of drug-likeness (QED) is 0.764. The Labute approximate surface area is 159 Å². The van der Waals surface area contributed by atoms with Crippen LogP contribution in [0.25, 0.3) is 10.9 Å². The van der Waals surface area contributed by atoms with Crippen molar-refractivity contribution >= 4 is 28.2 Å². The van der Waals surface area contributed by atoms with Crippen molar-refractivity contribution in [1.29, 1.82) is 0 Å². The molecule has 0 saturated carbocycles. The highest BCUT2D eigenvalue weighted by atomic mass is 16.5. The molecule has 1 fully saturated rings. The summed E-state index contributed by atoms with van der Waals surface area (Å²) in [5.41, 5.74) is 5.65. The molecule has 27 heavy (non-hydrogen) atoms. The summed E-state index contributed by atoms with van der Waals surface area (Å²) in [6, 6.07) is 14.1. The van der Waals surface area contributed by atoms with E-state index in [1.165, 1.54) is 11.1 Å². The van der Waals surface area contributed by atoms with Crippen molar-refractivity contribution in [2.24, 2.45) is 0 Å². The van der Waals surface area contributed by atoms with Crippen LogP contribution in [0.2, 0.25) is 0 Å². The van der Waals surface area contributed by atoms with Gasteiger partial charge in [0.05, 0.1) is 30.0 Å². The Kier molecular flexibility index (Phi) is 4.77. The molecule has 1 aromatic heterocycles. The second-order valence-electron chi connectivity index (χ2n) is 6.84. The SMILES string of the molecule is Cc1cccc(Nc2c(C(=O)N3CCOCC3)cnc3ccccc23)c1C. The van der Waals surface area contributed by atoms with E-state index in [1.54, 1.807) is 6.20 Å². The van der Waals surface area contributed by atoms with Gasteiger partial charge in [-0.1, -0.05) is 30.3 Å². The molecule has 5 heteroatoms. The molecule has 1 saturated heterocycles. The number of amides is 1. The summed E-state index contributed by atoms with van der Waals surface area (Å²) >= 11 is 0. The molecule has 1 aliphatic rings. The van der Waals surface area contributed by atoms with Crippen LogP contribution in [-0.4, -0.2) is 42.1 Å². The largest absolute Gasteiger partial charge is 0.378 e. The molecule has 3 aromatic rings. The molecule has 5 nitrogen and oxygen atoms in total. The van der Waals surface area contributed by atoms with E-state index < -0.39 is 0 Å². The number of fused-ring (bicyclic) bond motifs is 1. The average Bonchev–Trinajstić information content (AvgIpc) is 2.71. The maximum atomic E-state index is 13.2. The number of pyridine rings is 1. The molecule has 2 aromatic carbocycles. The topological polar surface area (TPSA) is 54.5 Å². The first-order chi connectivity index (χ1) is 13.1. The fourth-order valence-electron chi connectivity index (χ4n) is 3.40. The van der Waals surface area contributed by atoms with Crippen LogP contribution in [0.15, 0.2) is 48.7 Å². The summed E-state index contributed by atoms with van der Waals surface area (Å²) < 4.78 is 5.39. The number of carbonyl (C=O) groups is 1. The molecule has 4 rings (SSSR count). The van der Waals surface area contributed by atoms with E-state index in [4.69, 9.17) is 4.74 Å². The third-order valence-electron chi connectivity index (χ3n) is 5.17. The van der Waals surface area contributed by atoms with Gasteiger partial charge in [-0.15, -0.1) is 0 Å². The third kappa shape index (κ3) is 3.38. The van der Waals surface area contributed by atoms with Gasteiger partial charge in [0, 0.05) is 30.4 Å². The standard InChI is InChI=1S/C22H23N3O2/c1-15-6-5-9-19(16(15)2)24-21-17-7-3-4-8-20(17)23-14-18(21)22(26)25-10-12-27-13-11-25/h3-9,14H,10-13H2,1-2H3,(H,23,24). The van der Waals surface area contributed by atoms with E-state index in [-0.39, 0.29) is 5.91 Å². The number of carbonyl (C=O) groups excluding carboxylic acids is 1. The maximum absolute atomic E-state index is 13.2. The summed E-state index contributed by atoms with van der Waals surface area (Å²) in [5, 5.41) is 4.47. The number of aromatic nitrogens is 1. The minimum Gasteiger partial charge on any atom is -0.378 e. The maximum Gasteiger partial charge on any atom is 0.257 e. The minimum absolute atomic E-state index is 0.00985. The third-order valence-corrected chi connectivity index (χ3v) is 5.17. The summed E-state index contributed by atoms with van der Waals surface area (Å²) in [6.07, 6.45) is 1.69. The van der Waals surface area contributed by atoms with Gasteiger partial charge < -0.3 is 15.0 Å². The number of morpholine rings is 1. The number of benzene rings is 2. The highest BCUT2D eigenvalue weighted by Crippen LogP contribution is 2.32. The molecule has 0 aliphatic carbocycles. The van der Waals surface area contributed by atoms with Gasteiger partial charge in [-0.05, 0) is 37.1 Å². The lowest BCUT2D eigenvalue weighted by molar-refractivity contribution is 0.0303. The second-order valence-corrected chi connectivity index (χ2v) is 6.84. The molecule has 138 valence electrons. The van der Waals surface area contributed by atoms with Crippen molar-refractivity contribution in [3.05, 3.63) is 65.4 Å². The summed E-state index contributed by atoms with van der Waals surface area (Å²) in [6.45, 7) is 6.54. The van der Waals surface area contributed by atoms with E-state index in [9.17, 15) is 4.79 Å². The van der Waals surface area contributed by atoms with E-state index in [2.05, 4.69) is 30.2 Å². The van der Waals surface area contributed by atoms with Gasteiger partial charge in [-0.3, -0.25) is 9.78 Å². The number of nitrogens with zero attached hydrogens (tertiary/aromatic N) is 2. The first-order valence-corrected chi connectivity index (χ1v) is 9.23. The predicted molar refractivity (Wildman–Crippen MR) is 108 cm³/mol. The Morgan fingerprint density at radius 1 is 1.07 bits per heavy atom. The number of hydrogen-bond donors (Lipinski definition) is 1. The van der Waals surface area contributed by atoms with Gasteiger partial charge in [-0.25, -0.2) is 0 Å². The van der Waals surface area contributed by atoms with Gasteiger partial charge in [-0.2, -0.15) is 0 Å². The number of anilines is 2. The zero-order valence-corrected chi connectivity index (χ0v) is 15.7. The highest BCUT2D eigenvalue weighted by Gasteiger charge is 2.23. The molecule has 1 aliphatic heterocycles. The van der Waals surface area contributed by atoms with Gasteiger partial charge in [0.25, 0.3) is 5.91 Å². The number of hydrogen-bond acceptors (Lipinski definition) is 4. The molecule has 0 atom stereocenters. The highest BCUT2D eigenvalue weighted by molar-refractivity contribution is 6.08. The molecule has 1 N–H and O–H groups in total. The van der Waals surface area contributed by atoms with E-state index in [0.29, 0.717) is 31.9 Å². The Morgan fingerprint density at radius 3 is 2.67 bits per heavy atom. The molecule has 0 radical (unpaired) electrons. The lowest BCUT2D eigenvalue weighted by atomic mass is 10.0. The minimum atomic E-state index is -0.00985. The first-order valence-electron chi connectivity index (χ1n) is 9.23. The van der Waals surface area contributed by atoms with E-state index >= 15 is 0 Å². The number of aryl methyl sites for hydroxylation is 1. The normalized spacial score (nSPS) is 14.4. The Bertz CT molecular complexity index is 994. The Balaban J connectivity index is 1.82. The molecule has 0 unspecified atom stereocenters. The number of rotatable bonds is 3. The first kappa shape index (κ1) is 17.5. The number of ether oxygens (including phenoxy) is 1. The van der Waals surface area contributed by atoms with Crippen molar-refractivity contribution in [3.8, 4) is 0 Å². The average molecular weight is 361 g/mol. The summed E-state index contributed by atoms with van der Waals surface area (Å²) in [7, 11) is 0. The van der Waals surface area contributed by atoms with Crippen molar-refractivity contribution in [2.45, 2.75) is 13.8 Å². The van der Waals surface area contributed by atoms with Crippen LogP contribution < -0.4 is 5.32 Å². The molecular formula is C22H23N3O2. The number of nitrogens with one attached hydrogen (secondary N) is 1.